The SMILES string of the molecule is CN(C(=O)Cc1ccc(F)c(F)c1)C1CCNCC1. The van der Waals surface area contributed by atoms with E-state index in [9.17, 15) is 13.6 Å². The molecule has 0 unspecified atom stereocenters. The Morgan fingerprint density at radius 3 is 2.63 bits per heavy atom. The molecule has 5 heteroatoms. The molecule has 1 N–H and O–H groups in total. The molecular weight excluding hydrogens is 250 g/mol. The van der Waals surface area contributed by atoms with Gasteiger partial charge in [0.1, 0.15) is 0 Å². The Bertz CT molecular complexity index is 459. The molecule has 1 fully saturated rings. The van der Waals surface area contributed by atoms with E-state index in [2.05, 4.69) is 5.32 Å². The van der Waals surface area contributed by atoms with Crippen molar-refractivity contribution >= 4 is 5.91 Å². The third kappa shape index (κ3) is 3.50. The van der Waals surface area contributed by atoms with Crippen molar-refractivity contribution in [1.29, 1.82) is 0 Å². The highest BCUT2D eigenvalue weighted by Crippen LogP contribution is 2.14. The third-order valence-electron chi connectivity index (χ3n) is 3.59. The van der Waals surface area contributed by atoms with Crippen molar-refractivity contribution in [3.8, 4) is 0 Å². The maximum absolute atomic E-state index is 13.1. The van der Waals surface area contributed by atoms with Crippen molar-refractivity contribution in [2.45, 2.75) is 25.3 Å². The Hall–Kier alpha value is -1.49. The second kappa shape index (κ2) is 6.10. The molecule has 1 aliphatic heterocycles. The van der Waals surface area contributed by atoms with Gasteiger partial charge in [0.15, 0.2) is 11.6 Å². The highest BCUT2D eigenvalue weighted by Gasteiger charge is 2.22. The number of carbonyl (C=O) groups excluding carboxylic acids is 1. The molecule has 1 saturated heterocycles. The molecule has 1 amide bonds. The molecular formula is C14H18F2N2O. The van der Waals surface area contributed by atoms with Crippen LogP contribution in [0.3, 0.4) is 0 Å². The van der Waals surface area contributed by atoms with Gasteiger partial charge in [0.05, 0.1) is 6.42 Å². The molecule has 1 aliphatic rings. The van der Waals surface area contributed by atoms with Crippen LogP contribution in [0.1, 0.15) is 18.4 Å². The van der Waals surface area contributed by atoms with Gasteiger partial charge in [0.25, 0.3) is 0 Å². The van der Waals surface area contributed by atoms with Crippen LogP contribution in [0.2, 0.25) is 0 Å². The number of hydrogen-bond donors (Lipinski definition) is 1. The van der Waals surface area contributed by atoms with Crippen molar-refractivity contribution in [3.63, 3.8) is 0 Å². The summed E-state index contributed by atoms with van der Waals surface area (Å²) in [6, 6.07) is 3.83. The van der Waals surface area contributed by atoms with Crippen LogP contribution >= 0.6 is 0 Å². The van der Waals surface area contributed by atoms with Crippen LogP contribution in [-0.4, -0.2) is 37.0 Å². The number of hydrogen-bond acceptors (Lipinski definition) is 2. The van der Waals surface area contributed by atoms with E-state index in [-0.39, 0.29) is 18.4 Å². The summed E-state index contributed by atoms with van der Waals surface area (Å²) in [6.45, 7) is 1.82. The predicted octanol–water partition coefficient (Wildman–Crippen LogP) is 1.72. The smallest absolute Gasteiger partial charge is 0.226 e. The number of nitrogens with one attached hydrogen (secondary N) is 1. The zero-order chi connectivity index (χ0) is 13.8. The summed E-state index contributed by atoms with van der Waals surface area (Å²) < 4.78 is 25.9. The van der Waals surface area contributed by atoms with Crippen LogP contribution in [0.15, 0.2) is 18.2 Å². The van der Waals surface area contributed by atoms with E-state index in [4.69, 9.17) is 0 Å². The van der Waals surface area contributed by atoms with Crippen molar-refractivity contribution < 1.29 is 13.6 Å². The number of halogens is 2. The van der Waals surface area contributed by atoms with E-state index in [1.165, 1.54) is 6.07 Å². The molecule has 0 saturated carbocycles. The highest BCUT2D eigenvalue weighted by atomic mass is 19.2. The largest absolute Gasteiger partial charge is 0.342 e. The average molecular weight is 268 g/mol. The van der Waals surface area contributed by atoms with Gasteiger partial charge in [-0.1, -0.05) is 6.07 Å². The van der Waals surface area contributed by atoms with Gasteiger partial charge < -0.3 is 10.2 Å². The molecule has 1 aromatic rings. The Kier molecular flexibility index (Phi) is 4.47. The topological polar surface area (TPSA) is 32.3 Å². The quantitative estimate of drug-likeness (QED) is 0.905. The lowest BCUT2D eigenvalue weighted by atomic mass is 10.0. The molecule has 19 heavy (non-hydrogen) atoms. The minimum Gasteiger partial charge on any atom is -0.342 e. The van der Waals surface area contributed by atoms with Gasteiger partial charge in [-0.3, -0.25) is 4.79 Å². The number of rotatable bonds is 3. The number of carbonyl (C=O) groups is 1. The fourth-order valence-electron chi connectivity index (χ4n) is 2.35. The molecule has 104 valence electrons. The van der Waals surface area contributed by atoms with Crippen molar-refractivity contribution in [2.75, 3.05) is 20.1 Å². The summed E-state index contributed by atoms with van der Waals surface area (Å²) in [4.78, 5) is 13.8. The van der Waals surface area contributed by atoms with Gasteiger partial charge in [0, 0.05) is 13.1 Å². The Labute approximate surface area is 111 Å². The van der Waals surface area contributed by atoms with E-state index >= 15 is 0 Å². The van der Waals surface area contributed by atoms with Crippen LogP contribution in [0.4, 0.5) is 8.78 Å². The third-order valence-corrected chi connectivity index (χ3v) is 3.59. The summed E-state index contributed by atoms with van der Waals surface area (Å²) in [6.07, 6.45) is 1.97. The van der Waals surface area contributed by atoms with Crippen LogP contribution < -0.4 is 5.32 Å². The van der Waals surface area contributed by atoms with Gasteiger partial charge in [-0.2, -0.15) is 0 Å². The number of likely N-dealkylation sites (N-methyl/N-ethyl adjacent to an activating group) is 1. The second-order valence-electron chi connectivity index (χ2n) is 4.91. The standard InChI is InChI=1S/C14H18F2N2O/c1-18(11-4-6-17-7-5-11)14(19)9-10-2-3-12(15)13(16)8-10/h2-3,8,11,17H,4-7,9H2,1H3. The second-order valence-corrected chi connectivity index (χ2v) is 4.91. The molecule has 0 aliphatic carbocycles. The predicted molar refractivity (Wildman–Crippen MR) is 68.7 cm³/mol. The molecule has 0 spiro atoms. The fourth-order valence-corrected chi connectivity index (χ4v) is 2.35. The first-order valence-corrected chi connectivity index (χ1v) is 6.48. The first-order chi connectivity index (χ1) is 9.08. The molecule has 0 aromatic heterocycles. The first-order valence-electron chi connectivity index (χ1n) is 6.48. The zero-order valence-electron chi connectivity index (χ0n) is 11.0. The summed E-state index contributed by atoms with van der Waals surface area (Å²) >= 11 is 0. The highest BCUT2D eigenvalue weighted by molar-refractivity contribution is 5.78. The maximum atomic E-state index is 13.1. The van der Waals surface area contributed by atoms with Crippen LogP contribution in [-0.2, 0) is 11.2 Å². The number of nitrogens with zero attached hydrogens (tertiary/aromatic N) is 1. The van der Waals surface area contributed by atoms with Crippen molar-refractivity contribution in [1.82, 2.24) is 10.2 Å². The monoisotopic (exact) mass is 268 g/mol. The van der Waals surface area contributed by atoms with E-state index < -0.39 is 11.6 Å². The number of benzene rings is 1. The number of piperidine rings is 1. The maximum Gasteiger partial charge on any atom is 0.226 e. The Morgan fingerprint density at radius 1 is 1.32 bits per heavy atom. The molecule has 0 bridgehead atoms. The van der Waals surface area contributed by atoms with Gasteiger partial charge in [0.2, 0.25) is 5.91 Å². The van der Waals surface area contributed by atoms with Crippen LogP contribution in [0, 0.1) is 11.6 Å². The summed E-state index contributed by atoms with van der Waals surface area (Å²) in [5, 5.41) is 3.24. The Balaban J connectivity index is 1.97. The minimum absolute atomic E-state index is 0.0575. The van der Waals surface area contributed by atoms with E-state index in [0.717, 1.165) is 38.1 Å². The lowest BCUT2D eigenvalue weighted by Crippen LogP contribution is -2.44. The average Bonchev–Trinajstić information content (AvgIpc) is 2.43. The summed E-state index contributed by atoms with van der Waals surface area (Å²) in [5.74, 6) is -1.85. The molecule has 1 aromatic carbocycles. The van der Waals surface area contributed by atoms with Crippen molar-refractivity contribution in [3.05, 3.63) is 35.4 Å². The van der Waals surface area contributed by atoms with Crippen LogP contribution in [0.25, 0.3) is 0 Å². The summed E-state index contributed by atoms with van der Waals surface area (Å²) in [5.41, 5.74) is 0.504. The van der Waals surface area contributed by atoms with Gasteiger partial charge in [-0.15, -0.1) is 0 Å². The lowest BCUT2D eigenvalue weighted by Gasteiger charge is -2.31. The number of amides is 1. The lowest BCUT2D eigenvalue weighted by molar-refractivity contribution is -0.131. The van der Waals surface area contributed by atoms with E-state index in [1.807, 2.05) is 0 Å². The zero-order valence-corrected chi connectivity index (χ0v) is 11.0. The molecule has 0 atom stereocenters. The van der Waals surface area contributed by atoms with Gasteiger partial charge >= 0.3 is 0 Å². The Morgan fingerprint density at radius 2 is 2.00 bits per heavy atom. The minimum atomic E-state index is -0.908. The summed E-state index contributed by atoms with van der Waals surface area (Å²) in [7, 11) is 1.78. The molecule has 0 radical (unpaired) electrons. The first kappa shape index (κ1) is 13.9. The van der Waals surface area contributed by atoms with Gasteiger partial charge in [-0.25, -0.2) is 8.78 Å². The molecule has 2 rings (SSSR count). The normalized spacial score (nSPS) is 16.4. The molecule has 3 nitrogen and oxygen atoms in total. The van der Waals surface area contributed by atoms with Gasteiger partial charge in [-0.05, 0) is 43.6 Å². The van der Waals surface area contributed by atoms with Crippen LogP contribution in [0.5, 0.6) is 0 Å². The van der Waals surface area contributed by atoms with E-state index in [1.54, 1.807) is 11.9 Å². The molecule has 1 heterocycles. The van der Waals surface area contributed by atoms with E-state index in [0.29, 0.717) is 5.56 Å². The fraction of sp³-hybridized carbons (Fsp3) is 0.500. The van der Waals surface area contributed by atoms with Crippen molar-refractivity contribution in [2.24, 2.45) is 0 Å².